The third-order valence-electron chi connectivity index (χ3n) is 2.35. The Morgan fingerprint density at radius 3 is 2.79 bits per heavy atom. The fourth-order valence-corrected chi connectivity index (χ4v) is 1.58. The number of aromatic nitrogens is 2. The molecule has 0 spiro atoms. The summed E-state index contributed by atoms with van der Waals surface area (Å²) in [5.41, 5.74) is 0.638. The lowest BCUT2D eigenvalue weighted by Crippen LogP contribution is -2.14. The second kappa shape index (κ2) is 6.24. The summed E-state index contributed by atoms with van der Waals surface area (Å²) in [6, 6.07) is 6.61. The summed E-state index contributed by atoms with van der Waals surface area (Å²) in [5.74, 6) is 1.16. The minimum absolute atomic E-state index is 0.159. The molecule has 0 bridgehead atoms. The standard InChI is InChI=1S/C12H13F2N3O2/c1-8-16-11(19-17-8)7-15-6-9-4-2-3-5-10(9)18-12(13)14/h2-5,12,15H,6-7H2,1H3. The van der Waals surface area contributed by atoms with Gasteiger partial charge in [-0.15, -0.1) is 0 Å². The lowest BCUT2D eigenvalue weighted by atomic mass is 10.2. The van der Waals surface area contributed by atoms with Gasteiger partial charge in [-0.05, 0) is 13.0 Å². The van der Waals surface area contributed by atoms with Crippen molar-refractivity contribution in [2.24, 2.45) is 0 Å². The molecule has 1 aromatic heterocycles. The van der Waals surface area contributed by atoms with Gasteiger partial charge in [0.15, 0.2) is 5.82 Å². The third kappa shape index (κ3) is 3.99. The smallest absolute Gasteiger partial charge is 0.387 e. The number of benzene rings is 1. The van der Waals surface area contributed by atoms with Crippen LogP contribution >= 0.6 is 0 Å². The van der Waals surface area contributed by atoms with Crippen molar-refractivity contribution < 1.29 is 18.0 Å². The van der Waals surface area contributed by atoms with Crippen LogP contribution in [0.5, 0.6) is 5.75 Å². The average Bonchev–Trinajstić information content (AvgIpc) is 2.77. The largest absolute Gasteiger partial charge is 0.434 e. The number of halogens is 2. The summed E-state index contributed by atoms with van der Waals surface area (Å²) >= 11 is 0. The Kier molecular flexibility index (Phi) is 4.40. The zero-order valence-electron chi connectivity index (χ0n) is 10.3. The van der Waals surface area contributed by atoms with Crippen molar-refractivity contribution in [3.05, 3.63) is 41.5 Å². The highest BCUT2D eigenvalue weighted by Gasteiger charge is 2.09. The zero-order valence-corrected chi connectivity index (χ0v) is 10.3. The van der Waals surface area contributed by atoms with Crippen LogP contribution in [0.4, 0.5) is 8.78 Å². The second-order valence-corrected chi connectivity index (χ2v) is 3.83. The van der Waals surface area contributed by atoms with E-state index in [4.69, 9.17) is 4.52 Å². The van der Waals surface area contributed by atoms with E-state index >= 15 is 0 Å². The van der Waals surface area contributed by atoms with Gasteiger partial charge in [0, 0.05) is 12.1 Å². The van der Waals surface area contributed by atoms with Gasteiger partial charge in [-0.1, -0.05) is 23.4 Å². The van der Waals surface area contributed by atoms with E-state index in [1.165, 1.54) is 6.07 Å². The highest BCUT2D eigenvalue weighted by atomic mass is 19.3. The molecule has 0 atom stereocenters. The lowest BCUT2D eigenvalue weighted by Gasteiger charge is -2.10. The average molecular weight is 269 g/mol. The quantitative estimate of drug-likeness (QED) is 0.871. The Morgan fingerprint density at radius 1 is 1.32 bits per heavy atom. The normalized spacial score (nSPS) is 10.9. The molecule has 2 rings (SSSR count). The Balaban J connectivity index is 1.92. The van der Waals surface area contributed by atoms with Crippen molar-refractivity contribution in [2.45, 2.75) is 26.6 Å². The number of aryl methyl sites for hydroxylation is 1. The predicted octanol–water partition coefficient (Wildman–Crippen LogP) is 2.27. The predicted molar refractivity (Wildman–Crippen MR) is 62.7 cm³/mol. The van der Waals surface area contributed by atoms with Gasteiger partial charge in [-0.3, -0.25) is 0 Å². The van der Waals surface area contributed by atoms with Crippen molar-refractivity contribution in [1.29, 1.82) is 0 Å². The Labute approximate surface area is 108 Å². The molecule has 0 amide bonds. The van der Waals surface area contributed by atoms with Gasteiger partial charge in [0.25, 0.3) is 0 Å². The van der Waals surface area contributed by atoms with E-state index < -0.39 is 6.61 Å². The van der Waals surface area contributed by atoms with Gasteiger partial charge in [0.05, 0.1) is 6.54 Å². The summed E-state index contributed by atoms with van der Waals surface area (Å²) < 4.78 is 33.8. The number of nitrogens with zero attached hydrogens (tertiary/aromatic N) is 2. The molecule has 102 valence electrons. The highest BCUT2D eigenvalue weighted by molar-refractivity contribution is 5.33. The summed E-state index contributed by atoms with van der Waals surface area (Å²) in [4.78, 5) is 4.02. The Morgan fingerprint density at radius 2 is 2.11 bits per heavy atom. The van der Waals surface area contributed by atoms with Crippen molar-refractivity contribution in [3.63, 3.8) is 0 Å². The molecular weight excluding hydrogens is 256 g/mol. The highest BCUT2D eigenvalue weighted by Crippen LogP contribution is 2.19. The molecule has 0 saturated carbocycles. The number of ether oxygens (including phenoxy) is 1. The van der Waals surface area contributed by atoms with Crippen molar-refractivity contribution in [1.82, 2.24) is 15.5 Å². The minimum atomic E-state index is -2.83. The number of rotatable bonds is 6. The number of hydrogen-bond donors (Lipinski definition) is 1. The van der Waals surface area contributed by atoms with Gasteiger partial charge < -0.3 is 14.6 Å². The SMILES string of the molecule is Cc1noc(CNCc2ccccc2OC(F)F)n1. The molecule has 0 radical (unpaired) electrons. The summed E-state index contributed by atoms with van der Waals surface area (Å²) in [6.07, 6.45) is 0. The molecule has 1 N–H and O–H groups in total. The number of para-hydroxylation sites is 1. The molecular formula is C12H13F2N3O2. The molecule has 0 fully saturated rings. The fourth-order valence-electron chi connectivity index (χ4n) is 1.58. The first-order chi connectivity index (χ1) is 9.15. The van der Waals surface area contributed by atoms with E-state index in [9.17, 15) is 8.78 Å². The first-order valence-electron chi connectivity index (χ1n) is 5.68. The molecule has 7 heteroatoms. The van der Waals surface area contributed by atoms with Crippen LogP contribution in [-0.2, 0) is 13.1 Å². The maximum absolute atomic E-state index is 12.2. The maximum atomic E-state index is 12.2. The minimum Gasteiger partial charge on any atom is -0.434 e. The van der Waals surface area contributed by atoms with Crippen molar-refractivity contribution in [2.75, 3.05) is 0 Å². The monoisotopic (exact) mass is 269 g/mol. The fraction of sp³-hybridized carbons (Fsp3) is 0.333. The number of hydrogen-bond acceptors (Lipinski definition) is 5. The van der Waals surface area contributed by atoms with E-state index in [-0.39, 0.29) is 5.75 Å². The molecule has 2 aromatic rings. The lowest BCUT2D eigenvalue weighted by molar-refractivity contribution is -0.0505. The first-order valence-corrected chi connectivity index (χ1v) is 5.68. The molecule has 19 heavy (non-hydrogen) atoms. The number of alkyl halides is 2. The molecule has 0 aliphatic rings. The van der Waals surface area contributed by atoms with E-state index in [0.717, 1.165) is 0 Å². The Bertz CT molecular complexity index is 531. The van der Waals surface area contributed by atoms with Gasteiger partial charge in [-0.25, -0.2) is 0 Å². The van der Waals surface area contributed by atoms with Crippen LogP contribution in [0, 0.1) is 6.92 Å². The van der Waals surface area contributed by atoms with E-state index in [1.807, 2.05) is 0 Å². The van der Waals surface area contributed by atoms with Gasteiger partial charge in [0.1, 0.15) is 5.75 Å². The van der Waals surface area contributed by atoms with Crippen LogP contribution in [0.15, 0.2) is 28.8 Å². The molecule has 1 aromatic carbocycles. The molecule has 5 nitrogen and oxygen atoms in total. The molecule has 0 aliphatic heterocycles. The maximum Gasteiger partial charge on any atom is 0.387 e. The van der Waals surface area contributed by atoms with Gasteiger partial charge in [0.2, 0.25) is 5.89 Å². The molecule has 1 heterocycles. The van der Waals surface area contributed by atoms with Gasteiger partial charge >= 0.3 is 6.61 Å². The summed E-state index contributed by atoms with van der Waals surface area (Å²) in [5, 5.41) is 6.67. The number of nitrogens with one attached hydrogen (secondary N) is 1. The summed E-state index contributed by atoms with van der Waals surface area (Å²) in [7, 11) is 0. The molecule has 0 saturated heterocycles. The summed E-state index contributed by atoms with van der Waals surface area (Å²) in [6.45, 7) is -0.382. The van der Waals surface area contributed by atoms with E-state index in [1.54, 1.807) is 25.1 Å². The first kappa shape index (κ1) is 13.4. The van der Waals surface area contributed by atoms with Crippen LogP contribution in [0.2, 0.25) is 0 Å². The van der Waals surface area contributed by atoms with Crippen LogP contribution in [-0.4, -0.2) is 16.8 Å². The van der Waals surface area contributed by atoms with Crippen molar-refractivity contribution >= 4 is 0 Å². The van der Waals surface area contributed by atoms with Crippen LogP contribution in [0.1, 0.15) is 17.3 Å². The van der Waals surface area contributed by atoms with Crippen molar-refractivity contribution in [3.8, 4) is 5.75 Å². The van der Waals surface area contributed by atoms with E-state index in [2.05, 4.69) is 20.2 Å². The zero-order chi connectivity index (χ0) is 13.7. The second-order valence-electron chi connectivity index (χ2n) is 3.83. The van der Waals surface area contributed by atoms with Crippen LogP contribution < -0.4 is 10.1 Å². The van der Waals surface area contributed by atoms with Gasteiger partial charge in [-0.2, -0.15) is 13.8 Å². The third-order valence-corrected chi connectivity index (χ3v) is 2.35. The van der Waals surface area contributed by atoms with Crippen LogP contribution in [0.25, 0.3) is 0 Å². The Hall–Kier alpha value is -2.02. The molecule has 0 unspecified atom stereocenters. The van der Waals surface area contributed by atoms with E-state index in [0.29, 0.717) is 30.4 Å². The van der Waals surface area contributed by atoms with Crippen LogP contribution in [0.3, 0.4) is 0 Å². The topological polar surface area (TPSA) is 60.2 Å². The molecule has 0 aliphatic carbocycles.